The van der Waals surface area contributed by atoms with Gasteiger partial charge in [-0.05, 0) is 25.7 Å². The van der Waals surface area contributed by atoms with E-state index in [2.05, 4.69) is 21.7 Å². The summed E-state index contributed by atoms with van der Waals surface area (Å²) in [5.74, 6) is 0. The molecule has 0 bridgehead atoms. The minimum atomic E-state index is 0.220. The van der Waals surface area contributed by atoms with Gasteiger partial charge in [-0.3, -0.25) is 0 Å². The second-order valence-corrected chi connectivity index (χ2v) is 4.95. The van der Waals surface area contributed by atoms with Crippen molar-refractivity contribution in [1.29, 1.82) is 0 Å². The topological polar surface area (TPSA) is 34.2 Å². The highest BCUT2D eigenvalue weighted by Crippen LogP contribution is 2.31. The number of aromatic nitrogens is 1. The Morgan fingerprint density at radius 2 is 2.12 bits per heavy atom. The number of fused-ring (bicyclic) bond motifs is 1. The minimum absolute atomic E-state index is 0.220. The van der Waals surface area contributed by atoms with E-state index < -0.39 is 0 Å². The van der Waals surface area contributed by atoms with E-state index in [1.807, 2.05) is 33.3 Å². The first-order valence-corrected chi connectivity index (χ1v) is 6.04. The van der Waals surface area contributed by atoms with Crippen LogP contribution in [0.1, 0.15) is 11.6 Å². The van der Waals surface area contributed by atoms with Crippen LogP contribution < -0.4 is 5.73 Å². The van der Waals surface area contributed by atoms with E-state index in [4.69, 9.17) is 17.3 Å². The number of aryl methyl sites for hydroxylation is 1. The van der Waals surface area contributed by atoms with Crippen molar-refractivity contribution < 1.29 is 0 Å². The molecule has 4 heteroatoms. The molecule has 0 fully saturated rings. The third kappa shape index (κ3) is 2.06. The molecule has 0 aliphatic carbocycles. The van der Waals surface area contributed by atoms with Crippen LogP contribution in [0.25, 0.3) is 10.9 Å². The molecular formula is C13H18ClN3. The lowest BCUT2D eigenvalue weighted by Crippen LogP contribution is -2.26. The number of hydrogen-bond donors (Lipinski definition) is 1. The second kappa shape index (κ2) is 4.69. The van der Waals surface area contributed by atoms with Gasteiger partial charge in [-0.15, -0.1) is 0 Å². The van der Waals surface area contributed by atoms with Gasteiger partial charge < -0.3 is 15.2 Å². The highest BCUT2D eigenvalue weighted by atomic mass is 35.5. The third-order valence-corrected chi connectivity index (χ3v) is 3.49. The first-order chi connectivity index (χ1) is 8.06. The summed E-state index contributed by atoms with van der Waals surface area (Å²) < 4.78 is 2.07. The molecule has 0 saturated heterocycles. The predicted molar refractivity (Wildman–Crippen MR) is 73.4 cm³/mol. The molecule has 3 nitrogen and oxygen atoms in total. The zero-order chi connectivity index (χ0) is 12.6. The van der Waals surface area contributed by atoms with Gasteiger partial charge >= 0.3 is 0 Å². The lowest BCUT2D eigenvalue weighted by Gasteiger charge is -2.22. The number of likely N-dealkylation sites (N-methyl/N-ethyl adjacent to an activating group) is 1. The molecule has 0 aliphatic rings. The van der Waals surface area contributed by atoms with Gasteiger partial charge in [0.25, 0.3) is 0 Å². The Bertz CT molecular complexity index is 531. The van der Waals surface area contributed by atoms with Crippen LogP contribution in [0, 0.1) is 0 Å². The molecule has 1 unspecified atom stereocenters. The number of para-hydroxylation sites is 1. The molecule has 0 aliphatic heterocycles. The maximum absolute atomic E-state index is 6.24. The average Bonchev–Trinajstić information content (AvgIpc) is 2.58. The smallest absolute Gasteiger partial charge is 0.0670 e. The number of halogens is 1. The van der Waals surface area contributed by atoms with Crippen molar-refractivity contribution in [2.45, 2.75) is 6.04 Å². The second-order valence-electron chi connectivity index (χ2n) is 4.55. The van der Waals surface area contributed by atoms with E-state index >= 15 is 0 Å². The molecule has 0 spiro atoms. The summed E-state index contributed by atoms with van der Waals surface area (Å²) in [7, 11) is 6.10. The summed E-state index contributed by atoms with van der Waals surface area (Å²) in [5.41, 5.74) is 8.17. The highest BCUT2D eigenvalue weighted by molar-refractivity contribution is 6.35. The largest absolute Gasteiger partial charge is 0.349 e. The molecule has 2 aromatic rings. The van der Waals surface area contributed by atoms with Gasteiger partial charge in [-0.2, -0.15) is 0 Å². The Morgan fingerprint density at radius 1 is 1.41 bits per heavy atom. The molecule has 92 valence electrons. The zero-order valence-corrected chi connectivity index (χ0v) is 11.2. The van der Waals surface area contributed by atoms with E-state index in [-0.39, 0.29) is 6.04 Å². The molecule has 0 amide bonds. The van der Waals surface area contributed by atoms with Crippen molar-refractivity contribution in [2.75, 3.05) is 20.6 Å². The van der Waals surface area contributed by atoms with Crippen LogP contribution in [-0.4, -0.2) is 30.1 Å². The molecule has 0 saturated carbocycles. The fourth-order valence-corrected chi connectivity index (χ4v) is 2.64. The van der Waals surface area contributed by atoms with Gasteiger partial charge in [0.2, 0.25) is 0 Å². The van der Waals surface area contributed by atoms with Gasteiger partial charge in [0, 0.05) is 31.2 Å². The van der Waals surface area contributed by atoms with Crippen LogP contribution in [0.2, 0.25) is 5.02 Å². The van der Waals surface area contributed by atoms with Crippen molar-refractivity contribution in [3.8, 4) is 0 Å². The minimum Gasteiger partial charge on any atom is -0.349 e. The number of nitrogens with two attached hydrogens (primary N) is 1. The van der Waals surface area contributed by atoms with Gasteiger partial charge in [0.05, 0.1) is 10.5 Å². The Kier molecular flexibility index (Phi) is 3.43. The molecule has 2 N–H and O–H groups in total. The van der Waals surface area contributed by atoms with Crippen molar-refractivity contribution in [1.82, 2.24) is 9.47 Å². The normalized spacial score (nSPS) is 13.5. The van der Waals surface area contributed by atoms with Gasteiger partial charge in [0.15, 0.2) is 0 Å². The Morgan fingerprint density at radius 3 is 2.71 bits per heavy atom. The number of nitrogens with zero attached hydrogens (tertiary/aromatic N) is 2. The van der Waals surface area contributed by atoms with E-state index in [0.717, 1.165) is 10.5 Å². The van der Waals surface area contributed by atoms with E-state index in [9.17, 15) is 0 Å². The molecule has 0 radical (unpaired) electrons. The fourth-order valence-electron chi connectivity index (χ4n) is 2.33. The third-order valence-electron chi connectivity index (χ3n) is 3.19. The zero-order valence-electron chi connectivity index (χ0n) is 10.4. The molecule has 1 atom stereocenters. The Hall–Kier alpha value is -1.03. The first kappa shape index (κ1) is 12.4. The summed E-state index contributed by atoms with van der Waals surface area (Å²) >= 11 is 6.24. The Labute approximate surface area is 107 Å². The van der Waals surface area contributed by atoms with Gasteiger partial charge in [-0.1, -0.05) is 23.7 Å². The molecular weight excluding hydrogens is 234 g/mol. The van der Waals surface area contributed by atoms with Crippen molar-refractivity contribution >= 4 is 22.5 Å². The van der Waals surface area contributed by atoms with Crippen molar-refractivity contribution in [2.24, 2.45) is 12.8 Å². The predicted octanol–water partition coefficient (Wildman–Crippen LogP) is 2.39. The summed E-state index contributed by atoms with van der Waals surface area (Å²) in [6.07, 6.45) is 2.12. The van der Waals surface area contributed by atoms with Crippen LogP contribution in [0.15, 0.2) is 24.4 Å². The van der Waals surface area contributed by atoms with Crippen LogP contribution in [0.5, 0.6) is 0 Å². The summed E-state index contributed by atoms with van der Waals surface area (Å²) in [5, 5.41) is 1.97. The fraction of sp³-hybridized carbons (Fsp3) is 0.385. The molecule has 17 heavy (non-hydrogen) atoms. The standard InChI is InChI=1S/C13H18ClN3/c1-16(2)12(7-15)10-8-17(3)13-9(10)5-4-6-11(13)14/h4-6,8,12H,7,15H2,1-3H3. The molecule has 1 aromatic heterocycles. The molecule has 1 heterocycles. The molecule has 1 aromatic carbocycles. The Balaban J connectivity index is 2.67. The van der Waals surface area contributed by atoms with Crippen molar-refractivity contribution in [3.05, 3.63) is 35.0 Å². The number of rotatable bonds is 3. The lowest BCUT2D eigenvalue weighted by atomic mass is 10.1. The van der Waals surface area contributed by atoms with E-state index in [1.165, 1.54) is 10.9 Å². The summed E-state index contributed by atoms with van der Waals surface area (Å²) in [6, 6.07) is 6.22. The molecule has 2 rings (SSSR count). The van der Waals surface area contributed by atoms with Gasteiger partial charge in [0.1, 0.15) is 0 Å². The van der Waals surface area contributed by atoms with Crippen LogP contribution in [-0.2, 0) is 7.05 Å². The summed E-state index contributed by atoms with van der Waals surface area (Å²) in [4.78, 5) is 2.13. The van der Waals surface area contributed by atoms with Crippen LogP contribution in [0.3, 0.4) is 0 Å². The van der Waals surface area contributed by atoms with Gasteiger partial charge in [-0.25, -0.2) is 0 Å². The van der Waals surface area contributed by atoms with E-state index in [0.29, 0.717) is 6.54 Å². The maximum Gasteiger partial charge on any atom is 0.0670 e. The quantitative estimate of drug-likeness (QED) is 0.909. The monoisotopic (exact) mass is 251 g/mol. The highest BCUT2D eigenvalue weighted by Gasteiger charge is 2.18. The average molecular weight is 252 g/mol. The van der Waals surface area contributed by atoms with Crippen LogP contribution >= 0.6 is 11.6 Å². The maximum atomic E-state index is 6.24. The van der Waals surface area contributed by atoms with E-state index in [1.54, 1.807) is 0 Å². The number of hydrogen-bond acceptors (Lipinski definition) is 2. The summed E-state index contributed by atoms with van der Waals surface area (Å²) in [6.45, 7) is 0.596. The SMILES string of the molecule is CN(C)C(CN)c1cn(C)c2c(Cl)cccc12. The van der Waals surface area contributed by atoms with Crippen LogP contribution in [0.4, 0.5) is 0 Å². The van der Waals surface area contributed by atoms with Crippen molar-refractivity contribution in [3.63, 3.8) is 0 Å². The number of benzene rings is 1. The lowest BCUT2D eigenvalue weighted by molar-refractivity contribution is 0.307. The first-order valence-electron chi connectivity index (χ1n) is 5.66.